The van der Waals surface area contributed by atoms with Crippen LogP contribution in [-0.4, -0.2) is 5.91 Å². The second-order valence-electron chi connectivity index (χ2n) is 4.23. The van der Waals surface area contributed by atoms with Crippen LogP contribution >= 0.6 is 0 Å². The second kappa shape index (κ2) is 3.74. The van der Waals surface area contributed by atoms with E-state index >= 15 is 0 Å². The third kappa shape index (κ3) is 1.49. The quantitative estimate of drug-likeness (QED) is 0.648. The molecule has 87 valence electrons. The molecule has 0 atom stereocenters. The zero-order valence-electron chi connectivity index (χ0n) is 9.51. The van der Waals surface area contributed by atoms with E-state index < -0.39 is 5.91 Å². The number of rotatable bonds is 1. The molecule has 0 unspecified atom stereocenters. The first-order valence-corrected chi connectivity index (χ1v) is 5.59. The van der Waals surface area contributed by atoms with E-state index in [1.807, 2.05) is 30.3 Å². The fraction of sp³-hybridized carbons (Fsp3) is 0. The van der Waals surface area contributed by atoms with Crippen molar-refractivity contribution in [3.8, 4) is 5.75 Å². The first-order chi connectivity index (χ1) is 8.66. The van der Waals surface area contributed by atoms with Crippen LogP contribution in [0.2, 0.25) is 0 Å². The summed E-state index contributed by atoms with van der Waals surface area (Å²) >= 11 is 0. The van der Waals surface area contributed by atoms with Crippen molar-refractivity contribution in [2.45, 2.75) is 0 Å². The SMILES string of the molecule is NC(=O)c1ccc2cc3ccccc3cc2c1[O]. The van der Waals surface area contributed by atoms with Crippen LogP contribution in [-0.2, 0) is 5.11 Å². The van der Waals surface area contributed by atoms with Gasteiger partial charge in [0.25, 0.3) is 5.91 Å². The van der Waals surface area contributed by atoms with E-state index in [1.54, 1.807) is 12.1 Å². The third-order valence-electron chi connectivity index (χ3n) is 3.10. The zero-order chi connectivity index (χ0) is 12.7. The van der Waals surface area contributed by atoms with Gasteiger partial charge in [0.2, 0.25) is 0 Å². The molecular weight excluding hydrogens is 226 g/mol. The molecule has 0 spiro atoms. The molecule has 0 aliphatic heterocycles. The molecule has 3 aromatic carbocycles. The number of carbonyl (C=O) groups excluding carboxylic acids is 1. The minimum Gasteiger partial charge on any atom is -0.365 e. The molecule has 0 saturated heterocycles. The van der Waals surface area contributed by atoms with Crippen molar-refractivity contribution in [3.05, 3.63) is 54.1 Å². The first kappa shape index (κ1) is 10.6. The van der Waals surface area contributed by atoms with Gasteiger partial charge in [-0.25, -0.2) is 0 Å². The van der Waals surface area contributed by atoms with Crippen LogP contribution in [0.4, 0.5) is 0 Å². The number of amides is 1. The number of nitrogens with two attached hydrogens (primary N) is 1. The topological polar surface area (TPSA) is 63.0 Å². The lowest BCUT2D eigenvalue weighted by Gasteiger charge is -2.05. The summed E-state index contributed by atoms with van der Waals surface area (Å²) in [6.45, 7) is 0. The highest BCUT2D eigenvalue weighted by Gasteiger charge is 2.13. The normalized spacial score (nSPS) is 10.9. The Labute approximate surface area is 103 Å². The molecule has 0 heterocycles. The summed E-state index contributed by atoms with van der Waals surface area (Å²) in [6.07, 6.45) is 0. The summed E-state index contributed by atoms with van der Waals surface area (Å²) in [7, 11) is 0. The molecule has 0 aromatic heterocycles. The predicted molar refractivity (Wildman–Crippen MR) is 70.1 cm³/mol. The molecule has 3 nitrogen and oxygen atoms in total. The highest BCUT2D eigenvalue weighted by molar-refractivity contribution is 6.06. The van der Waals surface area contributed by atoms with Crippen molar-refractivity contribution >= 4 is 27.5 Å². The van der Waals surface area contributed by atoms with Crippen LogP contribution < -0.4 is 5.73 Å². The van der Waals surface area contributed by atoms with Gasteiger partial charge in [-0.2, -0.15) is 0 Å². The van der Waals surface area contributed by atoms with E-state index in [2.05, 4.69) is 0 Å². The van der Waals surface area contributed by atoms with Gasteiger partial charge < -0.3 is 5.73 Å². The minimum atomic E-state index is -0.685. The molecule has 0 aliphatic carbocycles. The van der Waals surface area contributed by atoms with Crippen molar-refractivity contribution < 1.29 is 9.90 Å². The van der Waals surface area contributed by atoms with Gasteiger partial charge in [0, 0.05) is 5.39 Å². The van der Waals surface area contributed by atoms with Crippen LogP contribution in [0.1, 0.15) is 10.4 Å². The fourth-order valence-corrected chi connectivity index (χ4v) is 2.18. The Morgan fingerprint density at radius 1 is 0.889 bits per heavy atom. The Morgan fingerprint density at radius 3 is 2.22 bits per heavy atom. The Morgan fingerprint density at radius 2 is 1.56 bits per heavy atom. The molecule has 3 heteroatoms. The van der Waals surface area contributed by atoms with Gasteiger partial charge in [0.1, 0.15) is 0 Å². The Bertz CT molecular complexity index is 778. The molecule has 0 bridgehead atoms. The van der Waals surface area contributed by atoms with Gasteiger partial charge in [-0.05, 0) is 34.4 Å². The molecule has 1 amide bonds. The molecule has 0 aliphatic rings. The lowest BCUT2D eigenvalue weighted by Crippen LogP contribution is -2.10. The summed E-state index contributed by atoms with van der Waals surface area (Å²) in [5.41, 5.74) is 5.22. The molecular formula is C15H10NO2. The molecule has 0 fully saturated rings. The Kier molecular flexibility index (Phi) is 2.20. The lowest BCUT2D eigenvalue weighted by molar-refractivity contribution is 0.0996. The number of benzene rings is 3. The minimum absolute atomic E-state index is 0.0396. The number of primary amides is 1. The third-order valence-corrected chi connectivity index (χ3v) is 3.10. The van der Waals surface area contributed by atoms with Crippen LogP contribution in [0.5, 0.6) is 5.75 Å². The van der Waals surface area contributed by atoms with Gasteiger partial charge in [0.05, 0.1) is 5.56 Å². The van der Waals surface area contributed by atoms with Crippen LogP contribution in [0.3, 0.4) is 0 Å². The maximum absolute atomic E-state index is 12.1. The molecule has 2 N–H and O–H groups in total. The highest BCUT2D eigenvalue weighted by atomic mass is 16.3. The summed E-state index contributed by atoms with van der Waals surface area (Å²) in [5.74, 6) is -0.985. The number of hydrogen-bond donors (Lipinski definition) is 1. The van der Waals surface area contributed by atoms with Crippen LogP contribution in [0.15, 0.2) is 48.5 Å². The fourth-order valence-electron chi connectivity index (χ4n) is 2.18. The smallest absolute Gasteiger partial charge is 0.252 e. The molecule has 0 saturated carbocycles. The average molecular weight is 236 g/mol. The van der Waals surface area contributed by atoms with Gasteiger partial charge >= 0.3 is 0 Å². The number of carbonyl (C=O) groups is 1. The van der Waals surface area contributed by atoms with Gasteiger partial charge in [0.15, 0.2) is 5.75 Å². The average Bonchev–Trinajstić information content (AvgIpc) is 2.37. The van der Waals surface area contributed by atoms with Crippen molar-refractivity contribution in [2.75, 3.05) is 0 Å². The summed E-state index contributed by atoms with van der Waals surface area (Å²) in [5, 5.41) is 15.5. The van der Waals surface area contributed by atoms with E-state index in [0.29, 0.717) is 5.39 Å². The first-order valence-electron chi connectivity index (χ1n) is 5.59. The van der Waals surface area contributed by atoms with Crippen molar-refractivity contribution in [2.24, 2.45) is 5.73 Å². The number of fused-ring (bicyclic) bond motifs is 2. The van der Waals surface area contributed by atoms with E-state index in [0.717, 1.165) is 16.2 Å². The molecule has 18 heavy (non-hydrogen) atoms. The standard InChI is InChI=1S/C15H10NO2/c16-15(18)12-6-5-11-7-9-3-1-2-4-10(9)8-13(11)14(12)17/h1-8H,(H2,16,18). The predicted octanol–water partition coefficient (Wildman–Crippen LogP) is 3.24. The number of hydrogen-bond acceptors (Lipinski definition) is 1. The maximum Gasteiger partial charge on any atom is 0.252 e. The molecule has 1 radical (unpaired) electrons. The summed E-state index contributed by atoms with van der Waals surface area (Å²) in [4.78, 5) is 11.2. The van der Waals surface area contributed by atoms with Crippen LogP contribution in [0, 0.1) is 0 Å². The Hall–Kier alpha value is -2.55. The highest BCUT2D eigenvalue weighted by Crippen LogP contribution is 2.32. The molecule has 3 aromatic rings. The second-order valence-corrected chi connectivity index (χ2v) is 4.23. The molecule has 3 rings (SSSR count). The van der Waals surface area contributed by atoms with Crippen molar-refractivity contribution in [3.63, 3.8) is 0 Å². The monoisotopic (exact) mass is 236 g/mol. The summed E-state index contributed by atoms with van der Waals surface area (Å²) < 4.78 is 0. The van der Waals surface area contributed by atoms with E-state index in [9.17, 15) is 9.90 Å². The van der Waals surface area contributed by atoms with Crippen molar-refractivity contribution in [1.29, 1.82) is 0 Å². The van der Waals surface area contributed by atoms with Gasteiger partial charge in [-0.15, -0.1) is 0 Å². The van der Waals surface area contributed by atoms with Gasteiger partial charge in [-0.3, -0.25) is 9.90 Å². The van der Waals surface area contributed by atoms with E-state index in [-0.39, 0.29) is 11.3 Å². The van der Waals surface area contributed by atoms with E-state index in [1.165, 1.54) is 6.07 Å². The van der Waals surface area contributed by atoms with Crippen molar-refractivity contribution in [1.82, 2.24) is 0 Å². The van der Waals surface area contributed by atoms with Gasteiger partial charge in [-0.1, -0.05) is 30.3 Å². The largest absolute Gasteiger partial charge is 0.365 e. The Balaban J connectivity index is 2.44. The zero-order valence-corrected chi connectivity index (χ0v) is 9.51. The van der Waals surface area contributed by atoms with E-state index in [4.69, 9.17) is 5.73 Å². The summed E-state index contributed by atoms with van der Waals surface area (Å²) in [6, 6.07) is 14.8. The maximum atomic E-state index is 12.1. The lowest BCUT2D eigenvalue weighted by atomic mass is 10.0. The van der Waals surface area contributed by atoms with Crippen LogP contribution in [0.25, 0.3) is 21.5 Å².